The molecule has 0 radical (unpaired) electrons. The second kappa shape index (κ2) is 7.28. The van der Waals surface area contributed by atoms with Gasteiger partial charge in [0.25, 0.3) is 5.91 Å². The second-order valence-electron chi connectivity index (χ2n) is 4.48. The summed E-state index contributed by atoms with van der Waals surface area (Å²) in [7, 11) is 1.51. The van der Waals surface area contributed by atoms with E-state index in [1.54, 1.807) is 26.0 Å². The number of hydrogen-bond donors (Lipinski definition) is 2. The highest BCUT2D eigenvalue weighted by molar-refractivity contribution is 5.97. The first-order valence-electron chi connectivity index (χ1n) is 6.21. The molecule has 108 valence electrons. The lowest BCUT2D eigenvalue weighted by Gasteiger charge is -2.12. The van der Waals surface area contributed by atoms with E-state index < -0.39 is 0 Å². The molecule has 1 aromatic carbocycles. The Balaban J connectivity index is 2.96. The maximum absolute atomic E-state index is 11.8. The monoisotopic (exact) mass is 278 g/mol. The van der Waals surface area contributed by atoms with Crippen molar-refractivity contribution in [1.82, 2.24) is 5.32 Å². The van der Waals surface area contributed by atoms with Crippen LogP contribution in [0, 0.1) is 5.92 Å². The Kier molecular flexibility index (Phi) is 5.71. The van der Waals surface area contributed by atoms with Crippen LogP contribution in [0.2, 0.25) is 0 Å². The van der Waals surface area contributed by atoms with Crippen LogP contribution in [0.5, 0.6) is 0 Å². The Morgan fingerprint density at radius 3 is 2.60 bits per heavy atom. The Labute approximate surface area is 117 Å². The summed E-state index contributed by atoms with van der Waals surface area (Å²) in [6, 6.07) is 4.81. The van der Waals surface area contributed by atoms with Crippen molar-refractivity contribution < 1.29 is 19.1 Å². The van der Waals surface area contributed by atoms with Crippen molar-refractivity contribution in [3.05, 3.63) is 29.3 Å². The number of carbonyl (C=O) groups is 3. The zero-order chi connectivity index (χ0) is 15.1. The van der Waals surface area contributed by atoms with Crippen molar-refractivity contribution in [3.63, 3.8) is 0 Å². The number of rotatable bonds is 6. The van der Waals surface area contributed by atoms with Crippen LogP contribution < -0.4 is 10.6 Å². The molecule has 0 bridgehead atoms. The lowest BCUT2D eigenvalue weighted by molar-refractivity contribution is -0.148. The van der Waals surface area contributed by atoms with Crippen LogP contribution in [0.4, 0.5) is 5.69 Å². The molecule has 0 aromatic heterocycles. The van der Waals surface area contributed by atoms with Crippen molar-refractivity contribution in [3.8, 4) is 0 Å². The lowest BCUT2D eigenvalue weighted by atomic mass is 10.1. The van der Waals surface area contributed by atoms with Crippen molar-refractivity contribution in [2.24, 2.45) is 5.92 Å². The summed E-state index contributed by atoms with van der Waals surface area (Å²) in [6.45, 7) is 3.49. The van der Waals surface area contributed by atoms with Gasteiger partial charge in [-0.15, -0.1) is 0 Å². The molecular weight excluding hydrogens is 260 g/mol. The van der Waals surface area contributed by atoms with E-state index in [0.717, 1.165) is 0 Å². The molecule has 0 aliphatic carbocycles. The van der Waals surface area contributed by atoms with Gasteiger partial charge in [-0.1, -0.05) is 19.9 Å². The molecule has 0 spiro atoms. The average molecular weight is 278 g/mol. The molecule has 6 nitrogen and oxygen atoms in total. The number of anilines is 1. The molecule has 0 heterocycles. The third-order valence-corrected chi connectivity index (χ3v) is 2.65. The quantitative estimate of drug-likeness (QED) is 0.607. The molecule has 2 amide bonds. The topological polar surface area (TPSA) is 84.5 Å². The summed E-state index contributed by atoms with van der Waals surface area (Å²) in [5, 5.41) is 4.97. The summed E-state index contributed by atoms with van der Waals surface area (Å²) < 4.78 is 5.12. The first-order valence-corrected chi connectivity index (χ1v) is 6.21. The van der Waals surface area contributed by atoms with Gasteiger partial charge >= 0.3 is 5.97 Å². The highest BCUT2D eigenvalue weighted by atomic mass is 16.5. The largest absolute Gasteiger partial charge is 0.461 e. The zero-order valence-electron chi connectivity index (χ0n) is 11.7. The smallest absolute Gasteiger partial charge is 0.308 e. The summed E-state index contributed by atoms with van der Waals surface area (Å²) in [4.78, 5) is 33.7. The van der Waals surface area contributed by atoms with Crippen LogP contribution in [0.15, 0.2) is 18.2 Å². The van der Waals surface area contributed by atoms with Crippen molar-refractivity contribution in [2.75, 3.05) is 12.4 Å². The summed E-state index contributed by atoms with van der Waals surface area (Å²) in [5.74, 6) is -0.868. The number of hydrogen-bond acceptors (Lipinski definition) is 4. The van der Waals surface area contributed by atoms with E-state index in [-0.39, 0.29) is 24.4 Å². The Hall–Kier alpha value is -2.37. The predicted molar refractivity (Wildman–Crippen MR) is 74.2 cm³/mol. The maximum Gasteiger partial charge on any atom is 0.308 e. The number of carbonyl (C=O) groups excluding carboxylic acids is 3. The van der Waals surface area contributed by atoms with Gasteiger partial charge in [-0.25, -0.2) is 0 Å². The van der Waals surface area contributed by atoms with Gasteiger partial charge in [0.2, 0.25) is 6.41 Å². The highest BCUT2D eigenvalue weighted by Crippen LogP contribution is 2.17. The normalized spacial score (nSPS) is 10.0. The zero-order valence-corrected chi connectivity index (χ0v) is 11.7. The number of ether oxygens (including phenoxy) is 1. The van der Waals surface area contributed by atoms with Gasteiger partial charge in [-0.05, 0) is 12.1 Å². The van der Waals surface area contributed by atoms with E-state index >= 15 is 0 Å². The fourth-order valence-electron chi connectivity index (χ4n) is 1.52. The summed E-state index contributed by atoms with van der Waals surface area (Å²) >= 11 is 0. The molecule has 0 atom stereocenters. The minimum Gasteiger partial charge on any atom is -0.461 e. The Morgan fingerprint density at radius 1 is 1.35 bits per heavy atom. The molecular formula is C14H18N2O4. The molecule has 6 heteroatoms. The van der Waals surface area contributed by atoms with E-state index in [1.165, 1.54) is 13.1 Å². The number of amides is 2. The molecule has 2 N–H and O–H groups in total. The average Bonchev–Trinajstić information content (AvgIpc) is 2.44. The van der Waals surface area contributed by atoms with Gasteiger partial charge in [-0.2, -0.15) is 0 Å². The van der Waals surface area contributed by atoms with Crippen LogP contribution in [-0.4, -0.2) is 25.3 Å². The molecule has 1 rings (SSSR count). The van der Waals surface area contributed by atoms with Gasteiger partial charge in [-0.3, -0.25) is 14.4 Å². The summed E-state index contributed by atoms with van der Waals surface area (Å²) in [6.07, 6.45) is 0.529. The lowest BCUT2D eigenvalue weighted by Crippen LogP contribution is -2.21. The SMILES string of the molecule is CNC(=O)c1cc(NC=O)ccc1COC(=O)C(C)C. The maximum atomic E-state index is 11.8. The predicted octanol–water partition coefficient (Wildman–Crippen LogP) is 1.31. The van der Waals surface area contributed by atoms with Gasteiger partial charge in [0.05, 0.1) is 5.92 Å². The number of esters is 1. The highest BCUT2D eigenvalue weighted by Gasteiger charge is 2.14. The Bertz CT molecular complexity index is 512. The third-order valence-electron chi connectivity index (χ3n) is 2.65. The van der Waals surface area contributed by atoms with Crippen LogP contribution in [0.25, 0.3) is 0 Å². The first kappa shape index (κ1) is 15.7. The molecule has 20 heavy (non-hydrogen) atoms. The van der Waals surface area contributed by atoms with Crippen LogP contribution in [0.1, 0.15) is 29.8 Å². The van der Waals surface area contributed by atoms with Crippen LogP contribution in [-0.2, 0) is 20.9 Å². The Morgan fingerprint density at radius 2 is 2.05 bits per heavy atom. The van der Waals surface area contributed by atoms with Crippen molar-refractivity contribution in [1.29, 1.82) is 0 Å². The molecule has 0 unspecified atom stereocenters. The molecule has 0 aliphatic rings. The van der Waals surface area contributed by atoms with Crippen LogP contribution >= 0.6 is 0 Å². The van der Waals surface area contributed by atoms with E-state index in [0.29, 0.717) is 23.2 Å². The van der Waals surface area contributed by atoms with Gasteiger partial charge in [0, 0.05) is 23.9 Å². The van der Waals surface area contributed by atoms with Crippen LogP contribution in [0.3, 0.4) is 0 Å². The fraction of sp³-hybridized carbons (Fsp3) is 0.357. The third kappa shape index (κ3) is 4.08. The fourth-order valence-corrected chi connectivity index (χ4v) is 1.52. The standard InChI is InChI=1S/C14H18N2O4/c1-9(2)14(19)20-7-10-4-5-11(16-8-17)6-12(10)13(18)15-3/h4-6,8-9H,7H2,1-3H3,(H,15,18)(H,16,17). The number of benzene rings is 1. The van der Waals surface area contributed by atoms with Gasteiger partial charge in [0.15, 0.2) is 0 Å². The van der Waals surface area contributed by atoms with E-state index in [2.05, 4.69) is 10.6 Å². The molecule has 1 aromatic rings. The van der Waals surface area contributed by atoms with E-state index in [4.69, 9.17) is 4.74 Å². The minimum atomic E-state index is -0.331. The van der Waals surface area contributed by atoms with E-state index in [9.17, 15) is 14.4 Å². The van der Waals surface area contributed by atoms with Crippen molar-refractivity contribution in [2.45, 2.75) is 20.5 Å². The van der Waals surface area contributed by atoms with Gasteiger partial charge < -0.3 is 15.4 Å². The van der Waals surface area contributed by atoms with Crippen molar-refractivity contribution >= 4 is 24.0 Å². The van der Waals surface area contributed by atoms with E-state index in [1.807, 2.05) is 0 Å². The first-order chi connectivity index (χ1) is 9.49. The molecule has 0 saturated carbocycles. The molecule has 0 saturated heterocycles. The molecule has 0 fully saturated rings. The van der Waals surface area contributed by atoms with Gasteiger partial charge in [0.1, 0.15) is 6.61 Å². The summed E-state index contributed by atoms with van der Waals surface area (Å²) in [5.41, 5.74) is 1.43. The second-order valence-corrected chi connectivity index (χ2v) is 4.48. The molecule has 0 aliphatic heterocycles. The minimum absolute atomic E-state index is 0.0150. The number of nitrogens with one attached hydrogen (secondary N) is 2.